The first-order chi connectivity index (χ1) is 8.59. The number of nitrogens with two attached hydrogens (primary N) is 1. The lowest BCUT2D eigenvalue weighted by atomic mass is 9.70. The van der Waals surface area contributed by atoms with E-state index in [2.05, 4.69) is 12.1 Å². The molecule has 1 aliphatic rings. The zero-order chi connectivity index (χ0) is 13.2. The summed E-state index contributed by atoms with van der Waals surface area (Å²) in [7, 11) is 3.96. The highest BCUT2D eigenvalue weighted by molar-refractivity contribution is 5.68. The van der Waals surface area contributed by atoms with Gasteiger partial charge in [0.15, 0.2) is 0 Å². The Kier molecular flexibility index (Phi) is 3.47. The van der Waals surface area contributed by atoms with Crippen molar-refractivity contribution in [2.45, 2.75) is 37.5 Å². The zero-order valence-electron chi connectivity index (χ0n) is 11.2. The average Bonchev–Trinajstić information content (AvgIpc) is 2.39. The van der Waals surface area contributed by atoms with Crippen LogP contribution in [0.15, 0.2) is 18.2 Å². The predicted octanol–water partition coefficient (Wildman–Crippen LogP) is 3.06. The first-order valence-corrected chi connectivity index (χ1v) is 6.58. The number of hydrogen-bond acceptors (Lipinski definition) is 3. The van der Waals surface area contributed by atoms with Crippen LogP contribution in [0.25, 0.3) is 0 Å². The number of hydrogen-bond donors (Lipinski definition) is 1. The van der Waals surface area contributed by atoms with Crippen LogP contribution in [0.1, 0.15) is 37.7 Å². The monoisotopic (exact) mass is 243 g/mol. The van der Waals surface area contributed by atoms with Gasteiger partial charge in [-0.2, -0.15) is 5.26 Å². The largest absolute Gasteiger partial charge is 0.397 e. The summed E-state index contributed by atoms with van der Waals surface area (Å²) in [5, 5.41) is 9.56. The van der Waals surface area contributed by atoms with Crippen molar-refractivity contribution in [3.8, 4) is 6.07 Å². The third-order valence-corrected chi connectivity index (χ3v) is 3.98. The fourth-order valence-electron chi connectivity index (χ4n) is 2.88. The Bertz CT molecular complexity index is 465. The van der Waals surface area contributed by atoms with Gasteiger partial charge in [-0.1, -0.05) is 25.3 Å². The second-order valence-electron chi connectivity index (χ2n) is 5.42. The molecular weight excluding hydrogens is 222 g/mol. The average molecular weight is 243 g/mol. The van der Waals surface area contributed by atoms with Gasteiger partial charge in [0.2, 0.25) is 0 Å². The molecule has 1 saturated carbocycles. The number of nitrogens with zero attached hydrogens (tertiary/aromatic N) is 2. The first kappa shape index (κ1) is 12.8. The van der Waals surface area contributed by atoms with Gasteiger partial charge in [-0.15, -0.1) is 0 Å². The SMILES string of the molecule is CN(C)c1ccc(C2(C#N)CCCCC2)cc1N. The maximum atomic E-state index is 9.56. The number of nitriles is 1. The minimum absolute atomic E-state index is 0.308. The third-order valence-electron chi connectivity index (χ3n) is 3.98. The fourth-order valence-corrected chi connectivity index (χ4v) is 2.88. The van der Waals surface area contributed by atoms with Crippen LogP contribution < -0.4 is 10.6 Å². The summed E-state index contributed by atoms with van der Waals surface area (Å²) in [6.07, 6.45) is 5.45. The van der Waals surface area contributed by atoms with Crippen LogP contribution in [0, 0.1) is 11.3 Å². The second kappa shape index (κ2) is 4.89. The van der Waals surface area contributed by atoms with E-state index in [1.165, 1.54) is 6.42 Å². The van der Waals surface area contributed by atoms with Crippen LogP contribution in [-0.4, -0.2) is 14.1 Å². The maximum absolute atomic E-state index is 9.56. The molecule has 96 valence electrons. The second-order valence-corrected chi connectivity index (χ2v) is 5.42. The maximum Gasteiger partial charge on any atom is 0.0823 e. The van der Waals surface area contributed by atoms with Crippen LogP contribution >= 0.6 is 0 Å². The van der Waals surface area contributed by atoms with Crippen molar-refractivity contribution in [1.82, 2.24) is 0 Å². The van der Waals surface area contributed by atoms with Gasteiger partial charge in [-0.3, -0.25) is 0 Å². The molecule has 0 unspecified atom stereocenters. The topological polar surface area (TPSA) is 53.0 Å². The lowest BCUT2D eigenvalue weighted by molar-refractivity contribution is 0.366. The van der Waals surface area contributed by atoms with Crippen LogP contribution in [0.3, 0.4) is 0 Å². The standard InChI is InChI=1S/C15H21N3/c1-18(2)14-7-6-12(10-13(14)17)15(11-16)8-4-3-5-9-15/h6-7,10H,3-5,8-9,17H2,1-2H3. The smallest absolute Gasteiger partial charge is 0.0823 e. The lowest BCUT2D eigenvalue weighted by Crippen LogP contribution is -2.27. The van der Waals surface area contributed by atoms with Crippen molar-refractivity contribution in [3.63, 3.8) is 0 Å². The Morgan fingerprint density at radius 1 is 1.22 bits per heavy atom. The molecule has 2 rings (SSSR count). The molecule has 0 saturated heterocycles. The number of benzene rings is 1. The van der Waals surface area contributed by atoms with Crippen molar-refractivity contribution in [1.29, 1.82) is 5.26 Å². The highest BCUT2D eigenvalue weighted by atomic mass is 15.1. The molecule has 1 aromatic carbocycles. The van der Waals surface area contributed by atoms with Gasteiger partial charge in [-0.05, 0) is 30.5 Å². The van der Waals surface area contributed by atoms with E-state index in [1.54, 1.807) is 0 Å². The van der Waals surface area contributed by atoms with Gasteiger partial charge in [0.25, 0.3) is 0 Å². The molecule has 1 aliphatic carbocycles. The van der Waals surface area contributed by atoms with Crippen molar-refractivity contribution >= 4 is 11.4 Å². The molecule has 3 nitrogen and oxygen atoms in total. The molecule has 2 N–H and O–H groups in total. The van der Waals surface area contributed by atoms with Gasteiger partial charge >= 0.3 is 0 Å². The molecular formula is C15H21N3. The molecule has 3 heteroatoms. The molecule has 0 amide bonds. The van der Waals surface area contributed by atoms with E-state index < -0.39 is 0 Å². The molecule has 0 bridgehead atoms. The molecule has 0 aromatic heterocycles. The Morgan fingerprint density at radius 3 is 2.39 bits per heavy atom. The fraction of sp³-hybridized carbons (Fsp3) is 0.533. The van der Waals surface area contributed by atoms with Gasteiger partial charge in [0.05, 0.1) is 22.9 Å². The minimum atomic E-state index is -0.308. The number of nitrogen functional groups attached to an aromatic ring is 1. The van der Waals surface area contributed by atoms with Crippen LogP contribution in [0.2, 0.25) is 0 Å². The summed E-state index contributed by atoms with van der Waals surface area (Å²) >= 11 is 0. The van der Waals surface area contributed by atoms with Crippen molar-refractivity contribution in [2.24, 2.45) is 0 Å². The van der Waals surface area contributed by atoms with E-state index in [9.17, 15) is 5.26 Å². The quantitative estimate of drug-likeness (QED) is 0.812. The Morgan fingerprint density at radius 2 is 1.89 bits per heavy atom. The van der Waals surface area contributed by atoms with Gasteiger partial charge in [-0.25, -0.2) is 0 Å². The summed E-state index contributed by atoms with van der Waals surface area (Å²) in [4.78, 5) is 2.00. The molecule has 0 aliphatic heterocycles. The Balaban J connectivity index is 2.38. The lowest BCUT2D eigenvalue weighted by Gasteiger charge is -2.31. The van der Waals surface area contributed by atoms with E-state index in [-0.39, 0.29) is 5.41 Å². The normalized spacial score (nSPS) is 18.1. The number of anilines is 2. The Hall–Kier alpha value is -1.69. The van der Waals surface area contributed by atoms with Crippen molar-refractivity contribution in [3.05, 3.63) is 23.8 Å². The van der Waals surface area contributed by atoms with E-state index in [0.29, 0.717) is 0 Å². The highest BCUT2D eigenvalue weighted by Gasteiger charge is 2.34. The summed E-state index contributed by atoms with van der Waals surface area (Å²) in [5.41, 5.74) is 8.65. The first-order valence-electron chi connectivity index (χ1n) is 6.58. The summed E-state index contributed by atoms with van der Waals surface area (Å²) < 4.78 is 0. The third kappa shape index (κ3) is 2.15. The Labute approximate surface area is 109 Å². The summed E-state index contributed by atoms with van der Waals surface area (Å²) in [6, 6.07) is 8.63. The van der Waals surface area contributed by atoms with Crippen LogP contribution in [0.4, 0.5) is 11.4 Å². The molecule has 0 atom stereocenters. The van der Waals surface area contributed by atoms with Crippen molar-refractivity contribution < 1.29 is 0 Å². The molecule has 0 heterocycles. The number of rotatable bonds is 2. The zero-order valence-corrected chi connectivity index (χ0v) is 11.2. The van der Waals surface area contributed by atoms with E-state index in [0.717, 1.165) is 42.6 Å². The van der Waals surface area contributed by atoms with Gasteiger partial charge < -0.3 is 10.6 Å². The summed E-state index contributed by atoms with van der Waals surface area (Å²) in [5.74, 6) is 0. The van der Waals surface area contributed by atoms with Crippen LogP contribution in [-0.2, 0) is 5.41 Å². The summed E-state index contributed by atoms with van der Waals surface area (Å²) in [6.45, 7) is 0. The van der Waals surface area contributed by atoms with Crippen molar-refractivity contribution in [2.75, 3.05) is 24.7 Å². The van der Waals surface area contributed by atoms with E-state index in [1.807, 2.05) is 31.1 Å². The van der Waals surface area contributed by atoms with Crippen LogP contribution in [0.5, 0.6) is 0 Å². The van der Waals surface area contributed by atoms with E-state index >= 15 is 0 Å². The molecule has 1 aromatic rings. The molecule has 0 radical (unpaired) electrons. The molecule has 18 heavy (non-hydrogen) atoms. The van der Waals surface area contributed by atoms with E-state index in [4.69, 9.17) is 5.73 Å². The highest BCUT2D eigenvalue weighted by Crippen LogP contribution is 2.40. The molecule has 0 spiro atoms. The van der Waals surface area contributed by atoms with Gasteiger partial charge in [0.1, 0.15) is 0 Å². The minimum Gasteiger partial charge on any atom is -0.397 e. The predicted molar refractivity (Wildman–Crippen MR) is 75.6 cm³/mol. The molecule has 1 fully saturated rings. The van der Waals surface area contributed by atoms with Gasteiger partial charge in [0, 0.05) is 14.1 Å².